The van der Waals surface area contributed by atoms with Crippen LogP contribution in [0, 0.1) is 0 Å². The molecule has 2 fully saturated rings. The molecule has 64 heavy (non-hydrogen) atoms. The molecule has 2 aliphatic heterocycles. The van der Waals surface area contributed by atoms with Gasteiger partial charge in [0.05, 0.1) is 19.8 Å². The Morgan fingerprint density at radius 3 is 1.70 bits per heavy atom. The number of benzene rings is 2. The van der Waals surface area contributed by atoms with E-state index in [4.69, 9.17) is 61.3 Å². The summed E-state index contributed by atoms with van der Waals surface area (Å²) in [5.74, 6) is -6.53. The molecule has 1 aromatic heterocycles. The van der Waals surface area contributed by atoms with Crippen molar-refractivity contribution >= 4 is 52.8 Å². The van der Waals surface area contributed by atoms with Crippen LogP contribution in [-0.2, 0) is 76.2 Å². The predicted octanol–water partition coefficient (Wildman–Crippen LogP) is 2.55. The molecule has 3 heterocycles. The van der Waals surface area contributed by atoms with Crippen molar-refractivity contribution in [3.63, 3.8) is 0 Å². The Balaban J connectivity index is 1.55. The predicted molar refractivity (Wildman–Crippen MR) is 210 cm³/mol. The number of phenols is 1. The lowest BCUT2D eigenvalue weighted by atomic mass is 9.97. The molecular formula is C42H46O22. The Labute approximate surface area is 363 Å². The van der Waals surface area contributed by atoms with Crippen LogP contribution in [0.25, 0.3) is 22.3 Å². The van der Waals surface area contributed by atoms with Crippen molar-refractivity contribution < 1.29 is 99.9 Å². The first-order valence-corrected chi connectivity index (χ1v) is 19.5. The number of methoxy groups -OCH3 is 1. The molecule has 0 bridgehead atoms. The summed E-state index contributed by atoms with van der Waals surface area (Å²) in [4.78, 5) is 99.3. The highest BCUT2D eigenvalue weighted by molar-refractivity contribution is 5.86. The van der Waals surface area contributed by atoms with E-state index in [1.807, 2.05) is 0 Å². The minimum atomic E-state index is -1.79. The summed E-state index contributed by atoms with van der Waals surface area (Å²) >= 11 is 0. The van der Waals surface area contributed by atoms with Gasteiger partial charge in [-0.25, -0.2) is 0 Å². The van der Waals surface area contributed by atoms with E-state index in [9.17, 15) is 43.5 Å². The molecule has 0 aliphatic carbocycles. The van der Waals surface area contributed by atoms with Gasteiger partial charge < -0.3 is 66.4 Å². The van der Waals surface area contributed by atoms with Crippen LogP contribution in [0.5, 0.6) is 23.0 Å². The van der Waals surface area contributed by atoms with Gasteiger partial charge in [0.2, 0.25) is 12.4 Å². The maximum absolute atomic E-state index is 13.4. The van der Waals surface area contributed by atoms with Crippen LogP contribution >= 0.6 is 0 Å². The normalized spacial score (nSPS) is 25.2. The van der Waals surface area contributed by atoms with Crippen molar-refractivity contribution in [2.24, 2.45) is 0 Å². The minimum absolute atomic E-state index is 0.0240. The molecule has 2 saturated heterocycles. The summed E-state index contributed by atoms with van der Waals surface area (Å²) in [5.41, 5.74) is -0.634. The molecule has 0 radical (unpaired) electrons. The summed E-state index contributed by atoms with van der Waals surface area (Å²) < 4.78 is 73.8. The summed E-state index contributed by atoms with van der Waals surface area (Å²) in [6.07, 6.45) is -15.2. The number of hydrogen-bond acceptors (Lipinski definition) is 22. The second-order valence-electron chi connectivity index (χ2n) is 14.4. The summed E-state index contributed by atoms with van der Waals surface area (Å²) in [6.45, 7) is 8.32. The lowest BCUT2D eigenvalue weighted by Gasteiger charge is -2.46. The quantitative estimate of drug-likeness (QED) is 0.138. The molecule has 22 heteroatoms. The van der Waals surface area contributed by atoms with E-state index < -0.39 is 121 Å². The highest BCUT2D eigenvalue weighted by atomic mass is 16.8. The van der Waals surface area contributed by atoms with Gasteiger partial charge in [0.15, 0.2) is 53.7 Å². The van der Waals surface area contributed by atoms with Crippen molar-refractivity contribution in [3.8, 4) is 34.3 Å². The third kappa shape index (κ3) is 11.8. The van der Waals surface area contributed by atoms with Crippen LogP contribution in [0.3, 0.4) is 0 Å². The standard InChI is InChI=1S/C42H46O22/c1-17-35(56-19(3)44)37(58-21(5)46)39(60-23(7)48)41(54-17)53-16-33-36(57-20(4)45)38(59-22(6)47)40(61-24(8)49)42(64-33)62-26-13-27(50)34-28(51)15-30(63-32(34)14-26)25-10-11-29(52-9)31(12-25)55-18(2)43/h10-15,17,33,35-42,50H,16H2,1-9H3/t17-,33+,35-,36+,37+,38-,39+,40+,41+,42+/m0/s1. The number of carbonyl (C=O) groups excluding carboxylic acids is 7. The summed E-state index contributed by atoms with van der Waals surface area (Å²) in [7, 11) is 1.36. The van der Waals surface area contributed by atoms with E-state index in [2.05, 4.69) is 0 Å². The first kappa shape index (κ1) is 48.3. The van der Waals surface area contributed by atoms with E-state index in [1.54, 1.807) is 0 Å². The number of phenolic OH excluding ortho intramolecular Hbond substituents is 1. The number of hydrogen-bond donors (Lipinski definition) is 1. The largest absolute Gasteiger partial charge is 0.507 e. The first-order valence-electron chi connectivity index (χ1n) is 19.5. The topological polar surface area (TPSA) is 281 Å². The highest BCUT2D eigenvalue weighted by Crippen LogP contribution is 2.38. The van der Waals surface area contributed by atoms with Gasteiger partial charge in [0.1, 0.15) is 34.3 Å². The smallest absolute Gasteiger partial charge is 0.308 e. The summed E-state index contributed by atoms with van der Waals surface area (Å²) in [6, 6.07) is 7.71. The maximum atomic E-state index is 13.4. The Hall–Kier alpha value is -6.78. The maximum Gasteiger partial charge on any atom is 0.308 e. The fraction of sp³-hybridized carbons (Fsp3) is 0.476. The third-order valence-corrected chi connectivity index (χ3v) is 9.29. The van der Waals surface area contributed by atoms with Gasteiger partial charge in [-0.15, -0.1) is 0 Å². The molecule has 10 atom stereocenters. The molecule has 0 saturated carbocycles. The van der Waals surface area contributed by atoms with Crippen molar-refractivity contribution in [3.05, 3.63) is 46.6 Å². The fourth-order valence-corrected chi connectivity index (χ4v) is 7.03. The fourth-order valence-electron chi connectivity index (χ4n) is 7.03. The molecule has 346 valence electrons. The van der Waals surface area contributed by atoms with Crippen molar-refractivity contribution in [2.45, 2.75) is 117 Å². The molecule has 1 N–H and O–H groups in total. The molecule has 0 unspecified atom stereocenters. The monoisotopic (exact) mass is 902 g/mol. The minimum Gasteiger partial charge on any atom is -0.507 e. The highest BCUT2D eigenvalue weighted by Gasteiger charge is 2.55. The molecule has 3 aromatic rings. The van der Waals surface area contributed by atoms with Gasteiger partial charge >= 0.3 is 41.8 Å². The Kier molecular flexibility index (Phi) is 15.5. The van der Waals surface area contributed by atoms with Gasteiger partial charge in [-0.1, -0.05) is 0 Å². The van der Waals surface area contributed by atoms with Crippen LogP contribution in [0.1, 0.15) is 55.4 Å². The third-order valence-electron chi connectivity index (χ3n) is 9.29. The SMILES string of the molecule is COc1ccc(-c2cc(=O)c3c(O)cc(O[C@@H]4O[C@H](CO[C@@H]5O[C@@H](C)[C@H](OC(C)=O)[C@@H](OC(C)=O)[C@H]5OC(C)=O)[C@@H](OC(C)=O)[C@H](OC(C)=O)[C@H]4OC(C)=O)cc3o2)cc1OC(C)=O. The van der Waals surface area contributed by atoms with Crippen LogP contribution in [0.2, 0.25) is 0 Å². The second kappa shape index (κ2) is 20.6. The molecule has 5 rings (SSSR count). The average Bonchev–Trinajstić information content (AvgIpc) is 3.17. The lowest BCUT2D eigenvalue weighted by molar-refractivity contribution is -0.323. The average molecular weight is 903 g/mol. The van der Waals surface area contributed by atoms with E-state index in [0.29, 0.717) is 0 Å². The van der Waals surface area contributed by atoms with E-state index in [0.717, 1.165) is 53.7 Å². The Morgan fingerprint density at radius 1 is 0.609 bits per heavy atom. The van der Waals surface area contributed by atoms with Crippen LogP contribution in [0.15, 0.2) is 45.6 Å². The number of aromatic hydroxyl groups is 1. The van der Waals surface area contributed by atoms with Crippen LogP contribution in [0.4, 0.5) is 0 Å². The van der Waals surface area contributed by atoms with E-state index in [-0.39, 0.29) is 39.5 Å². The van der Waals surface area contributed by atoms with Crippen LogP contribution < -0.4 is 19.6 Å². The molecule has 2 aliphatic rings. The number of carbonyl (C=O) groups is 7. The zero-order valence-electron chi connectivity index (χ0n) is 36.0. The van der Waals surface area contributed by atoms with Gasteiger partial charge in [-0.05, 0) is 25.1 Å². The van der Waals surface area contributed by atoms with Gasteiger partial charge in [0.25, 0.3) is 0 Å². The summed E-state index contributed by atoms with van der Waals surface area (Å²) in [5, 5.41) is 10.8. The second-order valence-corrected chi connectivity index (χ2v) is 14.4. The first-order chi connectivity index (χ1) is 30.1. The Bertz CT molecular complexity index is 2330. The van der Waals surface area contributed by atoms with Gasteiger partial charge in [-0.3, -0.25) is 38.4 Å². The van der Waals surface area contributed by atoms with Crippen molar-refractivity contribution in [1.29, 1.82) is 0 Å². The zero-order chi connectivity index (χ0) is 47.2. The molecule has 0 amide bonds. The Morgan fingerprint density at radius 2 is 1.14 bits per heavy atom. The number of fused-ring (bicyclic) bond motifs is 1. The number of ether oxygens (including phenoxy) is 12. The zero-order valence-corrected chi connectivity index (χ0v) is 36.0. The van der Waals surface area contributed by atoms with E-state index >= 15 is 0 Å². The number of rotatable bonds is 14. The lowest BCUT2D eigenvalue weighted by Crippen LogP contribution is -2.64. The number of esters is 7. The van der Waals surface area contributed by atoms with Gasteiger partial charge in [0, 0.05) is 72.2 Å². The van der Waals surface area contributed by atoms with E-state index in [1.165, 1.54) is 45.2 Å². The molecular weight excluding hydrogens is 856 g/mol. The molecule has 2 aromatic carbocycles. The van der Waals surface area contributed by atoms with Gasteiger partial charge in [-0.2, -0.15) is 0 Å². The molecule has 22 nitrogen and oxygen atoms in total. The van der Waals surface area contributed by atoms with Crippen molar-refractivity contribution in [2.75, 3.05) is 13.7 Å². The molecule has 0 spiro atoms. The van der Waals surface area contributed by atoms with Crippen molar-refractivity contribution in [1.82, 2.24) is 0 Å². The van der Waals surface area contributed by atoms with Crippen LogP contribution in [-0.4, -0.2) is 122 Å².